The van der Waals surface area contributed by atoms with Crippen molar-refractivity contribution in [1.82, 2.24) is 10.2 Å². The molecular weight excluding hydrogens is 428 g/mol. The molecule has 1 N–H and O–H groups in total. The van der Waals surface area contributed by atoms with Crippen LogP contribution in [-0.2, 0) is 19.1 Å². The number of carbonyl (C=O) groups is 3. The molecule has 0 saturated heterocycles. The van der Waals surface area contributed by atoms with Gasteiger partial charge in [0, 0.05) is 45.3 Å². The molecule has 0 heterocycles. The predicted molar refractivity (Wildman–Crippen MR) is 132 cm³/mol. The molecular formula is C28H44N2O4. The third-order valence-corrected chi connectivity index (χ3v) is 10.5. The van der Waals surface area contributed by atoms with Crippen molar-refractivity contribution in [2.75, 3.05) is 13.7 Å². The summed E-state index contributed by atoms with van der Waals surface area (Å²) in [7, 11) is 1.95. The molecule has 6 nitrogen and oxygen atoms in total. The quantitative estimate of drug-likeness (QED) is 0.473. The molecule has 0 spiro atoms. The highest BCUT2D eigenvalue weighted by atomic mass is 16.5. The zero-order chi connectivity index (χ0) is 24.8. The van der Waals surface area contributed by atoms with Gasteiger partial charge < -0.3 is 15.0 Å². The van der Waals surface area contributed by atoms with Gasteiger partial charge in [-0.1, -0.05) is 18.6 Å². The Hall–Kier alpha value is -1.85. The van der Waals surface area contributed by atoms with Gasteiger partial charge in [-0.15, -0.1) is 0 Å². The summed E-state index contributed by atoms with van der Waals surface area (Å²) in [5, 5.41) is 3.16. The van der Waals surface area contributed by atoms with Crippen LogP contribution in [0.2, 0.25) is 0 Å². The first-order valence-electron chi connectivity index (χ1n) is 13.3. The van der Waals surface area contributed by atoms with Crippen molar-refractivity contribution >= 4 is 17.8 Å². The van der Waals surface area contributed by atoms with E-state index in [4.69, 9.17) is 4.74 Å². The van der Waals surface area contributed by atoms with Gasteiger partial charge in [-0.05, 0) is 87.4 Å². The van der Waals surface area contributed by atoms with Gasteiger partial charge in [-0.2, -0.15) is 0 Å². The first-order chi connectivity index (χ1) is 16.0. The van der Waals surface area contributed by atoms with Gasteiger partial charge in [-0.3, -0.25) is 14.4 Å². The van der Waals surface area contributed by atoms with Crippen LogP contribution < -0.4 is 5.32 Å². The van der Waals surface area contributed by atoms with E-state index >= 15 is 0 Å². The summed E-state index contributed by atoms with van der Waals surface area (Å²) in [5.74, 6) is 2.03. The SMILES string of the molecule is CC(=O)N[C@@H](C)[C@@H]1CC[C@@H]2[C@H]3CC=C4C[C@@H](N(C)C(C)=O)CC[C@]4(C)[C@H]3CC[C@@]21COC(C)=O. The largest absolute Gasteiger partial charge is 0.465 e. The number of nitrogens with one attached hydrogen (secondary N) is 1. The van der Waals surface area contributed by atoms with Crippen molar-refractivity contribution in [1.29, 1.82) is 0 Å². The first kappa shape index (κ1) is 25.2. The van der Waals surface area contributed by atoms with Crippen molar-refractivity contribution in [3.05, 3.63) is 11.6 Å². The lowest BCUT2D eigenvalue weighted by Gasteiger charge is -2.59. The van der Waals surface area contributed by atoms with Crippen LogP contribution in [0.4, 0.5) is 0 Å². The average molecular weight is 473 g/mol. The van der Waals surface area contributed by atoms with Gasteiger partial charge in [0.1, 0.15) is 0 Å². The van der Waals surface area contributed by atoms with Crippen molar-refractivity contribution < 1.29 is 19.1 Å². The Morgan fingerprint density at radius 1 is 1.12 bits per heavy atom. The van der Waals surface area contributed by atoms with Gasteiger partial charge in [0.15, 0.2) is 0 Å². The van der Waals surface area contributed by atoms with Crippen LogP contribution in [0.25, 0.3) is 0 Å². The zero-order valence-corrected chi connectivity index (χ0v) is 22.0. The molecule has 0 aliphatic heterocycles. The molecule has 8 atom stereocenters. The maximum Gasteiger partial charge on any atom is 0.302 e. The molecule has 4 rings (SSSR count). The molecule has 190 valence electrons. The van der Waals surface area contributed by atoms with Crippen LogP contribution in [0.5, 0.6) is 0 Å². The minimum atomic E-state index is -0.209. The molecule has 3 saturated carbocycles. The standard InChI is InChI=1S/C28H44N2O4/c1-17(29-18(2)31)24-9-10-26-23-8-7-21-15-22(30(6)19(3)32)11-13-27(21,5)25(23)12-14-28(24,26)16-34-20(4)33/h7,17,22-26H,8-16H2,1-6H3,(H,29,31)/t17-,22-,23-,24-,25-,26+,27-,28-/m0/s1. The summed E-state index contributed by atoms with van der Waals surface area (Å²) in [6.07, 6.45) is 11.2. The summed E-state index contributed by atoms with van der Waals surface area (Å²) < 4.78 is 5.74. The van der Waals surface area contributed by atoms with E-state index in [2.05, 4.69) is 25.2 Å². The Labute approximate surface area is 205 Å². The number of hydrogen-bond donors (Lipinski definition) is 1. The zero-order valence-electron chi connectivity index (χ0n) is 22.0. The normalized spacial score (nSPS) is 39.6. The van der Waals surface area contributed by atoms with Crippen molar-refractivity contribution in [3.8, 4) is 0 Å². The minimum absolute atomic E-state index is 0.0114. The fourth-order valence-corrected chi connectivity index (χ4v) is 8.77. The van der Waals surface area contributed by atoms with Gasteiger partial charge in [0.2, 0.25) is 11.8 Å². The third-order valence-electron chi connectivity index (χ3n) is 10.5. The lowest BCUT2D eigenvalue weighted by Crippen LogP contribution is -2.55. The molecule has 4 aliphatic rings. The maximum atomic E-state index is 12.0. The summed E-state index contributed by atoms with van der Waals surface area (Å²) in [5.41, 5.74) is 1.71. The molecule has 2 amide bonds. The summed E-state index contributed by atoms with van der Waals surface area (Å²) in [4.78, 5) is 37.6. The number of hydrogen-bond acceptors (Lipinski definition) is 4. The Kier molecular flexibility index (Phi) is 6.91. The summed E-state index contributed by atoms with van der Waals surface area (Å²) >= 11 is 0. The number of nitrogens with zero attached hydrogens (tertiary/aromatic N) is 1. The van der Waals surface area contributed by atoms with E-state index in [9.17, 15) is 14.4 Å². The molecule has 0 aromatic rings. The van der Waals surface area contributed by atoms with Gasteiger partial charge in [0.25, 0.3) is 0 Å². The van der Waals surface area contributed by atoms with Crippen molar-refractivity contribution in [3.63, 3.8) is 0 Å². The van der Waals surface area contributed by atoms with E-state index < -0.39 is 0 Å². The Morgan fingerprint density at radius 2 is 1.85 bits per heavy atom. The van der Waals surface area contributed by atoms with Crippen molar-refractivity contribution in [2.45, 2.75) is 98.1 Å². The molecule has 0 bridgehead atoms. The van der Waals surface area contributed by atoms with Crippen molar-refractivity contribution in [2.24, 2.45) is 34.5 Å². The molecule has 3 fully saturated rings. The highest BCUT2D eigenvalue weighted by Crippen LogP contribution is 2.67. The number of rotatable bonds is 5. The van der Waals surface area contributed by atoms with Crippen LogP contribution in [0.1, 0.15) is 86.0 Å². The highest BCUT2D eigenvalue weighted by molar-refractivity contribution is 5.73. The number of carbonyl (C=O) groups excluding carboxylic acids is 3. The van der Waals surface area contributed by atoms with Crippen LogP contribution >= 0.6 is 0 Å². The predicted octanol–water partition coefficient (Wildman–Crippen LogP) is 4.48. The number of amides is 2. The van der Waals surface area contributed by atoms with Gasteiger partial charge >= 0.3 is 5.97 Å². The van der Waals surface area contributed by atoms with E-state index in [-0.39, 0.29) is 34.7 Å². The number of ether oxygens (including phenoxy) is 1. The Morgan fingerprint density at radius 3 is 2.50 bits per heavy atom. The summed E-state index contributed by atoms with van der Waals surface area (Å²) in [6.45, 7) is 9.84. The fraction of sp³-hybridized carbons (Fsp3) is 0.821. The number of allylic oxidation sites excluding steroid dienone is 1. The van der Waals surface area contributed by atoms with Gasteiger partial charge in [-0.25, -0.2) is 0 Å². The van der Waals surface area contributed by atoms with E-state index in [1.807, 2.05) is 11.9 Å². The Bertz CT molecular complexity index is 868. The Balaban J connectivity index is 1.61. The minimum Gasteiger partial charge on any atom is -0.465 e. The average Bonchev–Trinajstić information content (AvgIpc) is 3.16. The van der Waals surface area contributed by atoms with Crippen LogP contribution in [0, 0.1) is 34.5 Å². The van der Waals surface area contributed by atoms with Crippen LogP contribution in [-0.4, -0.2) is 48.4 Å². The van der Waals surface area contributed by atoms with E-state index in [1.165, 1.54) is 6.92 Å². The second kappa shape index (κ2) is 9.31. The number of fused-ring (bicyclic) bond motifs is 5. The van der Waals surface area contributed by atoms with E-state index in [0.717, 1.165) is 51.4 Å². The smallest absolute Gasteiger partial charge is 0.302 e. The second-order valence-corrected chi connectivity index (χ2v) is 12.0. The molecule has 34 heavy (non-hydrogen) atoms. The highest BCUT2D eigenvalue weighted by Gasteiger charge is 2.61. The fourth-order valence-electron chi connectivity index (χ4n) is 8.77. The molecule has 0 radical (unpaired) electrons. The molecule has 4 aliphatic carbocycles. The topological polar surface area (TPSA) is 75.7 Å². The first-order valence-corrected chi connectivity index (χ1v) is 13.3. The number of esters is 1. The molecule has 0 unspecified atom stereocenters. The maximum absolute atomic E-state index is 12.0. The van der Waals surface area contributed by atoms with E-state index in [0.29, 0.717) is 36.3 Å². The lowest BCUT2D eigenvalue weighted by atomic mass is 9.46. The van der Waals surface area contributed by atoms with Crippen LogP contribution in [0.3, 0.4) is 0 Å². The van der Waals surface area contributed by atoms with Crippen LogP contribution in [0.15, 0.2) is 11.6 Å². The monoisotopic (exact) mass is 472 g/mol. The second-order valence-electron chi connectivity index (χ2n) is 12.0. The molecule has 0 aromatic carbocycles. The third kappa shape index (κ3) is 4.19. The van der Waals surface area contributed by atoms with E-state index in [1.54, 1.807) is 19.4 Å². The summed E-state index contributed by atoms with van der Waals surface area (Å²) in [6, 6.07) is 0.395. The lowest BCUT2D eigenvalue weighted by molar-refractivity contribution is -0.153. The molecule has 6 heteroatoms. The molecule has 0 aromatic heterocycles. The van der Waals surface area contributed by atoms with Gasteiger partial charge in [0.05, 0.1) is 6.61 Å².